The Bertz CT molecular complexity index is 256. The van der Waals surface area contributed by atoms with E-state index in [0.717, 1.165) is 0 Å². The highest BCUT2D eigenvalue weighted by Crippen LogP contribution is 2.13. The van der Waals surface area contributed by atoms with E-state index in [4.69, 9.17) is 4.74 Å². The highest BCUT2D eigenvalue weighted by molar-refractivity contribution is 5.70. The van der Waals surface area contributed by atoms with E-state index in [1.54, 1.807) is 18.0 Å². The van der Waals surface area contributed by atoms with Gasteiger partial charge in [0.15, 0.2) is 0 Å². The molecule has 0 aromatic rings. The first-order valence-corrected chi connectivity index (χ1v) is 4.47. The van der Waals surface area contributed by atoms with Crippen LogP contribution in [0.4, 0.5) is 4.79 Å². The van der Waals surface area contributed by atoms with Gasteiger partial charge in [-0.3, -0.25) is 4.90 Å². The van der Waals surface area contributed by atoms with E-state index >= 15 is 0 Å². The summed E-state index contributed by atoms with van der Waals surface area (Å²) < 4.78 is 4.89. The molecular formula is C10H15NO2. The maximum atomic E-state index is 11.3. The Morgan fingerprint density at radius 1 is 1.69 bits per heavy atom. The number of carbonyl (C=O) groups is 1. The van der Waals surface area contributed by atoms with Gasteiger partial charge in [0, 0.05) is 6.20 Å². The van der Waals surface area contributed by atoms with Crippen molar-refractivity contribution in [2.75, 3.05) is 6.61 Å². The SMILES string of the molecule is CCOC(=O)N1C=CC(C)=CC1C. The molecule has 13 heavy (non-hydrogen) atoms. The summed E-state index contributed by atoms with van der Waals surface area (Å²) in [5.41, 5.74) is 1.17. The fraction of sp³-hybridized carbons (Fsp3) is 0.500. The zero-order valence-electron chi connectivity index (χ0n) is 8.28. The molecule has 1 heterocycles. The monoisotopic (exact) mass is 181 g/mol. The van der Waals surface area contributed by atoms with E-state index in [1.165, 1.54) is 5.57 Å². The van der Waals surface area contributed by atoms with E-state index in [0.29, 0.717) is 6.61 Å². The molecule has 3 heteroatoms. The number of hydrogen-bond donors (Lipinski definition) is 0. The van der Waals surface area contributed by atoms with Crippen molar-refractivity contribution in [1.82, 2.24) is 4.90 Å². The molecule has 0 spiro atoms. The van der Waals surface area contributed by atoms with Crippen LogP contribution >= 0.6 is 0 Å². The first kappa shape index (κ1) is 9.84. The van der Waals surface area contributed by atoms with Crippen molar-refractivity contribution < 1.29 is 9.53 Å². The average Bonchev–Trinajstić information content (AvgIpc) is 2.04. The summed E-state index contributed by atoms with van der Waals surface area (Å²) in [7, 11) is 0. The molecule has 1 amide bonds. The predicted molar refractivity (Wildman–Crippen MR) is 51.2 cm³/mol. The largest absolute Gasteiger partial charge is 0.449 e. The summed E-state index contributed by atoms with van der Waals surface area (Å²) in [5, 5.41) is 0. The second-order valence-corrected chi connectivity index (χ2v) is 3.07. The molecule has 1 unspecified atom stereocenters. The van der Waals surface area contributed by atoms with Gasteiger partial charge in [0.1, 0.15) is 0 Å². The van der Waals surface area contributed by atoms with Crippen LogP contribution in [0.1, 0.15) is 20.8 Å². The quantitative estimate of drug-likeness (QED) is 0.621. The van der Waals surface area contributed by atoms with Crippen LogP contribution in [0.3, 0.4) is 0 Å². The summed E-state index contributed by atoms with van der Waals surface area (Å²) in [4.78, 5) is 12.9. The number of nitrogens with zero attached hydrogens (tertiary/aromatic N) is 1. The van der Waals surface area contributed by atoms with Crippen molar-refractivity contribution in [3.8, 4) is 0 Å². The Hall–Kier alpha value is -1.25. The van der Waals surface area contributed by atoms with Crippen molar-refractivity contribution in [2.24, 2.45) is 0 Å². The number of carbonyl (C=O) groups excluding carboxylic acids is 1. The lowest BCUT2D eigenvalue weighted by Gasteiger charge is -2.25. The Balaban J connectivity index is 2.64. The number of ether oxygens (including phenoxy) is 1. The predicted octanol–water partition coefficient (Wildman–Crippen LogP) is 2.31. The molecular weight excluding hydrogens is 166 g/mol. The smallest absolute Gasteiger partial charge is 0.414 e. The molecule has 1 rings (SSSR count). The van der Waals surface area contributed by atoms with Gasteiger partial charge in [0.25, 0.3) is 0 Å². The van der Waals surface area contributed by atoms with Crippen LogP contribution in [-0.4, -0.2) is 23.6 Å². The third kappa shape index (κ3) is 2.34. The molecule has 0 N–H and O–H groups in total. The maximum Gasteiger partial charge on any atom is 0.414 e. The summed E-state index contributed by atoms with van der Waals surface area (Å²) in [6, 6.07) is 0.0871. The van der Waals surface area contributed by atoms with Crippen molar-refractivity contribution in [3.63, 3.8) is 0 Å². The molecule has 0 aromatic heterocycles. The minimum atomic E-state index is -0.282. The van der Waals surface area contributed by atoms with Crippen LogP contribution in [0.15, 0.2) is 23.9 Å². The Kier molecular flexibility index (Phi) is 3.12. The highest BCUT2D eigenvalue weighted by atomic mass is 16.6. The molecule has 0 radical (unpaired) electrons. The third-order valence-electron chi connectivity index (χ3n) is 1.92. The van der Waals surface area contributed by atoms with E-state index in [1.807, 2.05) is 26.0 Å². The molecule has 1 aliphatic heterocycles. The van der Waals surface area contributed by atoms with Gasteiger partial charge in [-0.15, -0.1) is 0 Å². The van der Waals surface area contributed by atoms with Gasteiger partial charge in [0.2, 0.25) is 0 Å². The molecule has 1 aliphatic rings. The first-order valence-electron chi connectivity index (χ1n) is 4.47. The second-order valence-electron chi connectivity index (χ2n) is 3.07. The van der Waals surface area contributed by atoms with E-state index in [9.17, 15) is 4.79 Å². The number of amides is 1. The Morgan fingerprint density at radius 3 is 2.92 bits per heavy atom. The van der Waals surface area contributed by atoms with E-state index < -0.39 is 0 Å². The third-order valence-corrected chi connectivity index (χ3v) is 1.92. The van der Waals surface area contributed by atoms with Crippen LogP contribution in [0.25, 0.3) is 0 Å². The minimum absolute atomic E-state index is 0.0871. The molecule has 0 saturated heterocycles. The molecule has 72 valence electrons. The van der Waals surface area contributed by atoms with Crippen LogP contribution in [0.5, 0.6) is 0 Å². The van der Waals surface area contributed by atoms with Gasteiger partial charge in [0.05, 0.1) is 12.6 Å². The van der Waals surface area contributed by atoms with Crippen molar-refractivity contribution in [3.05, 3.63) is 23.9 Å². The molecule has 0 aromatic carbocycles. The molecule has 0 fully saturated rings. The standard InChI is InChI=1S/C10H15NO2/c1-4-13-10(12)11-6-5-8(2)7-9(11)3/h5-7,9H,4H2,1-3H3. The van der Waals surface area contributed by atoms with E-state index in [2.05, 4.69) is 0 Å². The number of rotatable bonds is 1. The zero-order valence-corrected chi connectivity index (χ0v) is 8.28. The Labute approximate surface area is 78.7 Å². The van der Waals surface area contributed by atoms with Gasteiger partial charge < -0.3 is 4.74 Å². The average molecular weight is 181 g/mol. The lowest BCUT2D eigenvalue weighted by atomic mass is 10.1. The normalized spacial score (nSPS) is 21.3. The van der Waals surface area contributed by atoms with Crippen LogP contribution in [0, 0.1) is 0 Å². The highest BCUT2D eigenvalue weighted by Gasteiger charge is 2.19. The molecule has 0 aliphatic carbocycles. The van der Waals surface area contributed by atoms with Crippen molar-refractivity contribution in [2.45, 2.75) is 26.8 Å². The van der Waals surface area contributed by atoms with Gasteiger partial charge in [-0.05, 0) is 26.8 Å². The zero-order chi connectivity index (χ0) is 9.84. The molecule has 0 saturated carbocycles. The minimum Gasteiger partial charge on any atom is -0.449 e. The lowest BCUT2D eigenvalue weighted by Crippen LogP contribution is -2.34. The molecule has 0 bridgehead atoms. The van der Waals surface area contributed by atoms with Crippen LogP contribution in [0.2, 0.25) is 0 Å². The summed E-state index contributed by atoms with van der Waals surface area (Å²) in [6.45, 7) is 6.19. The summed E-state index contributed by atoms with van der Waals surface area (Å²) in [5.74, 6) is 0. The molecule has 3 nitrogen and oxygen atoms in total. The Morgan fingerprint density at radius 2 is 2.38 bits per heavy atom. The molecule has 1 atom stereocenters. The second kappa shape index (κ2) is 4.12. The van der Waals surface area contributed by atoms with E-state index in [-0.39, 0.29) is 12.1 Å². The number of hydrogen-bond acceptors (Lipinski definition) is 2. The van der Waals surface area contributed by atoms with Gasteiger partial charge in [-0.2, -0.15) is 0 Å². The lowest BCUT2D eigenvalue weighted by molar-refractivity contribution is 0.117. The van der Waals surface area contributed by atoms with Crippen molar-refractivity contribution >= 4 is 6.09 Å². The topological polar surface area (TPSA) is 29.5 Å². The summed E-state index contributed by atoms with van der Waals surface area (Å²) in [6.07, 6.45) is 5.40. The van der Waals surface area contributed by atoms with Crippen molar-refractivity contribution in [1.29, 1.82) is 0 Å². The van der Waals surface area contributed by atoms with Gasteiger partial charge in [-0.1, -0.05) is 11.6 Å². The first-order chi connectivity index (χ1) is 6.15. The fourth-order valence-electron chi connectivity index (χ4n) is 1.28. The fourth-order valence-corrected chi connectivity index (χ4v) is 1.28. The van der Waals surface area contributed by atoms with Gasteiger partial charge >= 0.3 is 6.09 Å². The summed E-state index contributed by atoms with van der Waals surface area (Å²) >= 11 is 0. The van der Waals surface area contributed by atoms with Crippen LogP contribution in [-0.2, 0) is 4.74 Å². The number of allylic oxidation sites excluding steroid dienone is 2. The maximum absolute atomic E-state index is 11.3. The van der Waals surface area contributed by atoms with Gasteiger partial charge in [-0.25, -0.2) is 4.79 Å². The van der Waals surface area contributed by atoms with Crippen LogP contribution < -0.4 is 0 Å².